The fourth-order valence-corrected chi connectivity index (χ4v) is 6.08. The van der Waals surface area contributed by atoms with Crippen molar-refractivity contribution in [3.05, 3.63) is 94.5 Å². The van der Waals surface area contributed by atoms with Crippen LogP contribution in [0.5, 0.6) is 5.75 Å². The molecule has 0 aliphatic rings. The fourth-order valence-electron chi connectivity index (χ4n) is 4.40. The zero-order chi connectivity index (χ0) is 23.1. The van der Waals surface area contributed by atoms with Crippen molar-refractivity contribution < 1.29 is 4.74 Å². The summed E-state index contributed by atoms with van der Waals surface area (Å²) in [6.07, 6.45) is 2.17. The first-order valence-corrected chi connectivity index (χ1v) is 12.7. The summed E-state index contributed by atoms with van der Waals surface area (Å²) in [7, 11) is 5.00. The quantitative estimate of drug-likeness (QED) is 0.311. The van der Waals surface area contributed by atoms with Crippen molar-refractivity contribution in [1.82, 2.24) is 4.90 Å². The first kappa shape index (κ1) is 24.5. The lowest BCUT2D eigenvalue weighted by Gasteiger charge is -2.35. The van der Waals surface area contributed by atoms with Crippen molar-refractivity contribution in [1.29, 1.82) is 0 Å². The molecule has 0 fully saturated rings. The SMILES string of the molecule is CCC(CC)(Pc1ccc(C)cc1CN(C)C)c1cccc(C)c1OCc1ccccc1. The van der Waals surface area contributed by atoms with Gasteiger partial charge in [0.05, 0.1) is 0 Å². The monoisotopic (exact) mass is 447 g/mol. The maximum atomic E-state index is 6.51. The van der Waals surface area contributed by atoms with E-state index in [2.05, 4.69) is 113 Å². The van der Waals surface area contributed by atoms with Gasteiger partial charge in [-0.15, -0.1) is 0 Å². The molecule has 0 aromatic heterocycles. The van der Waals surface area contributed by atoms with Crippen LogP contribution < -0.4 is 10.0 Å². The Bertz CT molecular complexity index is 1010. The zero-order valence-electron chi connectivity index (χ0n) is 20.5. The van der Waals surface area contributed by atoms with Crippen LogP contribution in [0.4, 0.5) is 0 Å². The number of hydrogen-bond donors (Lipinski definition) is 0. The first-order valence-electron chi connectivity index (χ1n) is 11.7. The van der Waals surface area contributed by atoms with Crippen molar-refractivity contribution in [3.8, 4) is 5.75 Å². The van der Waals surface area contributed by atoms with Gasteiger partial charge in [-0.25, -0.2) is 0 Å². The highest BCUT2D eigenvalue weighted by Gasteiger charge is 2.33. The van der Waals surface area contributed by atoms with Crippen LogP contribution in [-0.4, -0.2) is 19.0 Å². The topological polar surface area (TPSA) is 12.5 Å². The molecule has 0 N–H and O–H groups in total. The van der Waals surface area contributed by atoms with E-state index < -0.39 is 0 Å². The van der Waals surface area contributed by atoms with Gasteiger partial charge in [-0.2, -0.15) is 0 Å². The Morgan fingerprint density at radius 1 is 0.875 bits per heavy atom. The Balaban J connectivity index is 2.00. The normalized spacial score (nSPS) is 12.1. The summed E-state index contributed by atoms with van der Waals surface area (Å²) in [6, 6.07) is 24.1. The Kier molecular flexibility index (Phi) is 8.51. The van der Waals surface area contributed by atoms with Gasteiger partial charge in [-0.05, 0) is 62.8 Å². The van der Waals surface area contributed by atoms with Gasteiger partial charge >= 0.3 is 0 Å². The fraction of sp³-hybridized carbons (Fsp3) is 0.379. The molecule has 0 heterocycles. The molecule has 0 aliphatic heterocycles. The molecule has 3 rings (SSSR count). The van der Waals surface area contributed by atoms with E-state index in [4.69, 9.17) is 4.74 Å². The summed E-state index contributed by atoms with van der Waals surface area (Å²) in [4.78, 5) is 2.27. The molecule has 0 spiro atoms. The van der Waals surface area contributed by atoms with Gasteiger partial charge in [-0.3, -0.25) is 0 Å². The summed E-state index contributed by atoms with van der Waals surface area (Å²) in [5, 5.41) is 1.54. The van der Waals surface area contributed by atoms with Crippen LogP contribution >= 0.6 is 8.58 Å². The van der Waals surface area contributed by atoms with Gasteiger partial charge in [0.15, 0.2) is 0 Å². The summed E-state index contributed by atoms with van der Waals surface area (Å²) in [5.41, 5.74) is 6.55. The first-order chi connectivity index (χ1) is 15.4. The Labute approximate surface area is 196 Å². The predicted octanol–water partition coefficient (Wildman–Crippen LogP) is 6.96. The molecule has 32 heavy (non-hydrogen) atoms. The lowest BCUT2D eigenvalue weighted by atomic mass is 9.90. The Hall–Kier alpha value is -2.15. The summed E-state index contributed by atoms with van der Waals surface area (Å²) in [6.45, 7) is 10.6. The van der Waals surface area contributed by atoms with Gasteiger partial charge in [0.2, 0.25) is 0 Å². The lowest BCUT2D eigenvalue weighted by molar-refractivity contribution is 0.296. The van der Waals surface area contributed by atoms with Crippen molar-refractivity contribution in [2.75, 3.05) is 14.1 Å². The van der Waals surface area contributed by atoms with Crippen LogP contribution in [0.25, 0.3) is 0 Å². The van der Waals surface area contributed by atoms with E-state index in [1.165, 1.54) is 33.1 Å². The lowest BCUT2D eigenvalue weighted by Crippen LogP contribution is -2.25. The Morgan fingerprint density at radius 2 is 1.59 bits per heavy atom. The van der Waals surface area contributed by atoms with E-state index in [0.717, 1.165) is 25.1 Å². The smallest absolute Gasteiger partial charge is 0.126 e. The summed E-state index contributed by atoms with van der Waals surface area (Å²) in [5.74, 6) is 1.06. The van der Waals surface area contributed by atoms with Crippen LogP contribution in [0, 0.1) is 13.8 Å². The molecular weight excluding hydrogens is 409 g/mol. The van der Waals surface area contributed by atoms with Crippen molar-refractivity contribution in [2.24, 2.45) is 0 Å². The molecule has 1 atom stereocenters. The summed E-state index contributed by atoms with van der Waals surface area (Å²) >= 11 is 0. The van der Waals surface area contributed by atoms with Gasteiger partial charge in [0.1, 0.15) is 12.4 Å². The predicted molar refractivity (Wildman–Crippen MR) is 141 cm³/mol. The average molecular weight is 448 g/mol. The summed E-state index contributed by atoms with van der Waals surface area (Å²) < 4.78 is 6.51. The van der Waals surface area contributed by atoms with E-state index >= 15 is 0 Å². The Morgan fingerprint density at radius 3 is 2.25 bits per heavy atom. The standard InChI is InChI=1S/C29H38NOP/c1-7-29(8-2,32-27-18-17-22(3)19-25(27)20-30(5)6)26-16-12-13-23(4)28(26)31-21-24-14-10-9-11-15-24/h9-19,32H,7-8,20-21H2,1-6H3. The van der Waals surface area contributed by atoms with E-state index in [0.29, 0.717) is 15.2 Å². The van der Waals surface area contributed by atoms with E-state index in [-0.39, 0.29) is 5.16 Å². The second-order valence-electron chi connectivity index (χ2n) is 9.04. The van der Waals surface area contributed by atoms with E-state index in [1.807, 2.05) is 0 Å². The maximum absolute atomic E-state index is 6.51. The van der Waals surface area contributed by atoms with Crippen LogP contribution in [0.15, 0.2) is 66.7 Å². The van der Waals surface area contributed by atoms with Gasteiger partial charge in [0.25, 0.3) is 0 Å². The molecular formula is C29H38NOP. The zero-order valence-corrected chi connectivity index (χ0v) is 21.5. The number of ether oxygens (including phenoxy) is 1. The molecule has 0 saturated heterocycles. The second-order valence-corrected chi connectivity index (χ2v) is 10.8. The molecule has 0 saturated carbocycles. The number of rotatable bonds is 10. The van der Waals surface area contributed by atoms with E-state index in [1.54, 1.807) is 0 Å². The van der Waals surface area contributed by atoms with Gasteiger partial charge in [0, 0.05) is 17.3 Å². The third kappa shape index (κ3) is 5.80. The highest BCUT2D eigenvalue weighted by molar-refractivity contribution is 7.48. The van der Waals surface area contributed by atoms with Gasteiger partial charge in [-0.1, -0.05) is 94.7 Å². The number of hydrogen-bond acceptors (Lipinski definition) is 2. The van der Waals surface area contributed by atoms with Crippen LogP contribution in [0.2, 0.25) is 0 Å². The molecule has 0 bridgehead atoms. The third-order valence-corrected chi connectivity index (χ3v) is 8.49. The minimum atomic E-state index is 0.0639. The van der Waals surface area contributed by atoms with Gasteiger partial charge < -0.3 is 9.64 Å². The highest BCUT2D eigenvalue weighted by atomic mass is 31.1. The van der Waals surface area contributed by atoms with Crippen LogP contribution in [0.1, 0.15) is 54.5 Å². The third-order valence-electron chi connectivity index (χ3n) is 6.28. The minimum Gasteiger partial charge on any atom is -0.488 e. The van der Waals surface area contributed by atoms with E-state index in [9.17, 15) is 0 Å². The number of para-hydroxylation sites is 1. The molecule has 2 nitrogen and oxygen atoms in total. The number of nitrogens with zero attached hydrogens (tertiary/aromatic N) is 1. The minimum absolute atomic E-state index is 0.0639. The second kappa shape index (κ2) is 11.1. The molecule has 0 aliphatic carbocycles. The molecule has 1 unspecified atom stereocenters. The number of aryl methyl sites for hydroxylation is 2. The number of benzene rings is 3. The highest BCUT2D eigenvalue weighted by Crippen LogP contribution is 2.51. The molecule has 3 aromatic carbocycles. The van der Waals surface area contributed by atoms with Crippen LogP contribution in [-0.2, 0) is 18.3 Å². The van der Waals surface area contributed by atoms with Crippen molar-refractivity contribution >= 4 is 13.9 Å². The van der Waals surface area contributed by atoms with Crippen molar-refractivity contribution in [3.63, 3.8) is 0 Å². The molecule has 0 radical (unpaired) electrons. The average Bonchev–Trinajstić information content (AvgIpc) is 2.78. The van der Waals surface area contributed by atoms with Crippen LogP contribution in [0.3, 0.4) is 0 Å². The molecule has 3 heteroatoms. The van der Waals surface area contributed by atoms with Crippen molar-refractivity contribution in [2.45, 2.75) is 58.8 Å². The molecule has 0 amide bonds. The largest absolute Gasteiger partial charge is 0.488 e. The maximum Gasteiger partial charge on any atom is 0.126 e. The molecule has 170 valence electrons. The molecule has 3 aromatic rings.